The topological polar surface area (TPSA) is 105 Å². The number of carboxylic acids is 1. The Bertz CT molecular complexity index is 518. The van der Waals surface area contributed by atoms with Crippen LogP contribution in [0, 0.1) is 0 Å². The molecule has 0 radical (unpaired) electrons. The van der Waals surface area contributed by atoms with E-state index in [1.807, 2.05) is 0 Å². The molecule has 1 aromatic carbocycles. The van der Waals surface area contributed by atoms with Crippen LogP contribution in [0.3, 0.4) is 0 Å². The van der Waals surface area contributed by atoms with E-state index in [1.165, 1.54) is 25.3 Å². The summed E-state index contributed by atoms with van der Waals surface area (Å²) in [5, 5.41) is 13.5. The van der Waals surface area contributed by atoms with Gasteiger partial charge in [0.2, 0.25) is 0 Å². The first kappa shape index (κ1) is 15.0. The summed E-state index contributed by atoms with van der Waals surface area (Å²) in [5.41, 5.74) is 0.472. The summed E-state index contributed by atoms with van der Waals surface area (Å²) >= 11 is 3.14. The zero-order valence-corrected chi connectivity index (χ0v) is 11.5. The number of halogens is 1. The fraction of sp³-hybridized carbons (Fsp3) is 0.182. The number of amides is 2. The van der Waals surface area contributed by atoms with Crippen molar-refractivity contribution in [2.45, 2.75) is 0 Å². The molecule has 2 amide bonds. The third-order valence-corrected chi connectivity index (χ3v) is 2.74. The molecule has 1 aromatic rings. The van der Waals surface area contributed by atoms with Crippen molar-refractivity contribution in [2.75, 3.05) is 19.0 Å². The second kappa shape index (κ2) is 6.74. The minimum Gasteiger partial charge on any atom is -0.478 e. The van der Waals surface area contributed by atoms with Crippen molar-refractivity contribution in [3.05, 3.63) is 28.2 Å². The number of nitrogens with one attached hydrogen (secondary N) is 2. The lowest BCUT2D eigenvalue weighted by atomic mass is 10.2. The second-order valence-electron chi connectivity index (χ2n) is 3.38. The number of benzene rings is 1. The lowest BCUT2D eigenvalue weighted by Gasteiger charge is -2.09. The highest BCUT2D eigenvalue weighted by Crippen LogP contribution is 2.23. The molecule has 0 unspecified atom stereocenters. The lowest BCUT2D eigenvalue weighted by Crippen LogP contribution is -2.33. The van der Waals surface area contributed by atoms with Gasteiger partial charge in [0, 0.05) is 4.47 Å². The molecule has 0 bridgehead atoms. The van der Waals surface area contributed by atoms with E-state index < -0.39 is 18.0 Å². The summed E-state index contributed by atoms with van der Waals surface area (Å²) in [4.78, 5) is 33.0. The summed E-state index contributed by atoms with van der Waals surface area (Å²) in [6.45, 7) is -0.257. The van der Waals surface area contributed by atoms with Gasteiger partial charge < -0.3 is 20.5 Å². The van der Waals surface area contributed by atoms with Gasteiger partial charge in [-0.15, -0.1) is 0 Å². The van der Waals surface area contributed by atoms with Gasteiger partial charge in [-0.1, -0.05) is 0 Å². The summed E-state index contributed by atoms with van der Waals surface area (Å²) in [5.74, 6) is -1.64. The highest BCUT2D eigenvalue weighted by Gasteiger charge is 2.10. The van der Waals surface area contributed by atoms with Gasteiger partial charge in [-0.3, -0.25) is 4.79 Å². The van der Waals surface area contributed by atoms with E-state index >= 15 is 0 Å². The lowest BCUT2D eigenvalue weighted by molar-refractivity contribution is -0.139. The van der Waals surface area contributed by atoms with Crippen LogP contribution in [0.5, 0.6) is 0 Å². The number of methoxy groups -OCH3 is 1. The van der Waals surface area contributed by atoms with Crippen LogP contribution in [-0.4, -0.2) is 36.7 Å². The van der Waals surface area contributed by atoms with E-state index in [0.29, 0.717) is 10.2 Å². The minimum absolute atomic E-state index is 0.0902. The van der Waals surface area contributed by atoms with Crippen molar-refractivity contribution in [3.8, 4) is 0 Å². The van der Waals surface area contributed by atoms with Gasteiger partial charge in [0.1, 0.15) is 6.54 Å². The fourth-order valence-electron chi connectivity index (χ4n) is 1.14. The Kier molecular flexibility index (Phi) is 5.31. The van der Waals surface area contributed by atoms with Crippen molar-refractivity contribution in [1.29, 1.82) is 0 Å². The molecule has 0 aliphatic heterocycles. The summed E-state index contributed by atoms with van der Waals surface area (Å²) in [6.07, 6.45) is 0. The van der Waals surface area contributed by atoms with E-state index in [9.17, 15) is 14.4 Å². The van der Waals surface area contributed by atoms with Crippen LogP contribution in [0.4, 0.5) is 10.5 Å². The average Bonchev–Trinajstić information content (AvgIpc) is 2.38. The largest absolute Gasteiger partial charge is 0.478 e. The number of carbonyl (C=O) groups excluding carboxylic acids is 2. The maximum Gasteiger partial charge on any atom is 0.335 e. The number of urea groups is 1. The van der Waals surface area contributed by atoms with E-state index in [1.54, 1.807) is 0 Å². The molecule has 0 saturated carbocycles. The molecule has 0 aliphatic rings. The molecule has 102 valence electrons. The van der Waals surface area contributed by atoms with Gasteiger partial charge in [0.05, 0.1) is 18.4 Å². The van der Waals surface area contributed by atoms with E-state index in [4.69, 9.17) is 5.11 Å². The number of rotatable bonds is 4. The quantitative estimate of drug-likeness (QED) is 0.724. The highest BCUT2D eigenvalue weighted by atomic mass is 79.9. The molecule has 0 saturated heterocycles. The minimum atomic E-state index is -1.07. The Balaban J connectivity index is 2.64. The van der Waals surface area contributed by atoms with Crippen LogP contribution in [0.1, 0.15) is 10.4 Å². The standard InChI is InChI=1S/C11H11BrN2O5/c1-19-9(15)5-13-11(18)14-8-3-2-6(10(16)17)4-7(8)12/h2-4H,5H2,1H3,(H,16,17)(H2,13,14,18). The normalized spacial score (nSPS) is 9.58. The molecule has 0 heterocycles. The molecule has 0 spiro atoms. The monoisotopic (exact) mass is 330 g/mol. The third kappa shape index (κ3) is 4.59. The zero-order valence-electron chi connectivity index (χ0n) is 9.90. The average molecular weight is 331 g/mol. The first-order valence-electron chi connectivity index (χ1n) is 5.08. The van der Waals surface area contributed by atoms with Gasteiger partial charge >= 0.3 is 18.0 Å². The number of anilines is 1. The van der Waals surface area contributed by atoms with Gasteiger partial charge in [-0.25, -0.2) is 9.59 Å². The second-order valence-corrected chi connectivity index (χ2v) is 4.24. The van der Waals surface area contributed by atoms with Crippen molar-refractivity contribution in [3.63, 3.8) is 0 Å². The SMILES string of the molecule is COC(=O)CNC(=O)Nc1ccc(C(=O)O)cc1Br. The third-order valence-electron chi connectivity index (χ3n) is 2.09. The molecule has 0 aromatic heterocycles. The number of hydrogen-bond donors (Lipinski definition) is 3. The smallest absolute Gasteiger partial charge is 0.335 e. The zero-order chi connectivity index (χ0) is 14.4. The van der Waals surface area contributed by atoms with E-state index in [2.05, 4.69) is 31.3 Å². The Hall–Kier alpha value is -2.09. The number of carboxylic acid groups (broad SMARTS) is 1. The predicted octanol–water partition coefficient (Wildman–Crippen LogP) is 1.44. The van der Waals surface area contributed by atoms with Crippen molar-refractivity contribution in [2.24, 2.45) is 0 Å². The van der Waals surface area contributed by atoms with Crippen LogP contribution in [0.25, 0.3) is 0 Å². The number of aromatic carboxylic acids is 1. The van der Waals surface area contributed by atoms with Gasteiger partial charge in [-0.05, 0) is 34.1 Å². The van der Waals surface area contributed by atoms with Gasteiger partial charge in [-0.2, -0.15) is 0 Å². The fourth-order valence-corrected chi connectivity index (χ4v) is 1.62. The highest BCUT2D eigenvalue weighted by molar-refractivity contribution is 9.10. The Morgan fingerprint density at radius 2 is 2.05 bits per heavy atom. The molecule has 1 rings (SSSR count). The number of ether oxygens (including phenoxy) is 1. The Morgan fingerprint density at radius 1 is 1.37 bits per heavy atom. The van der Waals surface area contributed by atoms with Gasteiger partial charge in [0.15, 0.2) is 0 Å². The molecule has 0 fully saturated rings. The van der Waals surface area contributed by atoms with E-state index in [0.717, 1.165) is 0 Å². The summed E-state index contributed by atoms with van der Waals surface area (Å²) in [6, 6.07) is 3.54. The first-order chi connectivity index (χ1) is 8.93. The predicted molar refractivity (Wildman–Crippen MR) is 70.1 cm³/mol. The van der Waals surface area contributed by atoms with Crippen molar-refractivity contribution >= 4 is 39.6 Å². The summed E-state index contributed by atoms with van der Waals surface area (Å²) in [7, 11) is 1.21. The molecule has 0 aliphatic carbocycles. The number of esters is 1. The van der Waals surface area contributed by atoms with Gasteiger partial charge in [0.25, 0.3) is 0 Å². The van der Waals surface area contributed by atoms with Crippen LogP contribution in [0.2, 0.25) is 0 Å². The molecule has 7 nitrogen and oxygen atoms in total. The van der Waals surface area contributed by atoms with Crippen molar-refractivity contribution in [1.82, 2.24) is 5.32 Å². The van der Waals surface area contributed by atoms with Crippen LogP contribution < -0.4 is 10.6 Å². The molecular weight excluding hydrogens is 320 g/mol. The van der Waals surface area contributed by atoms with Crippen molar-refractivity contribution < 1.29 is 24.2 Å². The maximum atomic E-state index is 11.4. The molecular formula is C11H11BrN2O5. The summed E-state index contributed by atoms with van der Waals surface area (Å²) < 4.78 is 4.78. The first-order valence-corrected chi connectivity index (χ1v) is 5.88. The van der Waals surface area contributed by atoms with Crippen LogP contribution >= 0.6 is 15.9 Å². The Labute approximate surface area is 117 Å². The van der Waals surface area contributed by atoms with Crippen LogP contribution in [0.15, 0.2) is 22.7 Å². The molecule has 19 heavy (non-hydrogen) atoms. The molecule has 0 atom stereocenters. The molecule has 8 heteroatoms. The number of hydrogen-bond acceptors (Lipinski definition) is 4. The van der Waals surface area contributed by atoms with E-state index in [-0.39, 0.29) is 12.1 Å². The van der Waals surface area contributed by atoms with Crippen LogP contribution in [-0.2, 0) is 9.53 Å². The molecule has 3 N–H and O–H groups in total. The number of carbonyl (C=O) groups is 3. The Morgan fingerprint density at radius 3 is 2.58 bits per heavy atom. The maximum absolute atomic E-state index is 11.4.